The summed E-state index contributed by atoms with van der Waals surface area (Å²) >= 11 is 3.45. The minimum Gasteiger partial charge on any atom is -0.496 e. The molecular weight excluding hydrogens is 298 g/mol. The number of ether oxygens (including phenoxy) is 1. The van der Waals surface area contributed by atoms with E-state index in [-0.39, 0.29) is 6.42 Å². The van der Waals surface area contributed by atoms with Gasteiger partial charge in [0.05, 0.1) is 11.6 Å². The zero-order valence-corrected chi connectivity index (χ0v) is 12.2. The van der Waals surface area contributed by atoms with E-state index in [0.717, 1.165) is 23.3 Å². The van der Waals surface area contributed by atoms with Gasteiger partial charge in [-0.3, -0.25) is 4.79 Å². The fourth-order valence-electron chi connectivity index (χ4n) is 1.70. The first kappa shape index (κ1) is 15.0. The van der Waals surface area contributed by atoms with Gasteiger partial charge in [0.15, 0.2) is 0 Å². The lowest BCUT2D eigenvalue weighted by Gasteiger charge is -2.16. The Bertz CT molecular complexity index is 409. The Morgan fingerprint density at radius 1 is 1.50 bits per heavy atom. The molecule has 5 heteroatoms. The molecule has 0 fully saturated rings. The number of hydrogen-bond donors (Lipinski definition) is 1. The number of carbonyl (C=O) groups is 1. The number of nitrogens with zero attached hydrogens (tertiary/aromatic N) is 1. The lowest BCUT2D eigenvalue weighted by molar-refractivity contribution is -0.137. The summed E-state index contributed by atoms with van der Waals surface area (Å²) < 4.78 is 6.10. The molecule has 1 rings (SSSR count). The number of aliphatic carboxylic acids is 1. The largest absolute Gasteiger partial charge is 0.496 e. The van der Waals surface area contributed by atoms with Crippen LogP contribution >= 0.6 is 15.9 Å². The first-order valence-electron chi connectivity index (χ1n) is 5.75. The minimum atomic E-state index is -0.740. The third-order valence-electron chi connectivity index (χ3n) is 2.60. The SMILES string of the molecule is COc1ccc(CN(C)CCCC(=O)O)cc1Br. The summed E-state index contributed by atoms with van der Waals surface area (Å²) in [4.78, 5) is 12.5. The molecule has 0 spiro atoms. The van der Waals surface area contributed by atoms with Crippen LogP contribution in [0.5, 0.6) is 5.75 Å². The first-order chi connectivity index (χ1) is 8.52. The molecule has 0 aromatic heterocycles. The highest BCUT2D eigenvalue weighted by Crippen LogP contribution is 2.25. The third-order valence-corrected chi connectivity index (χ3v) is 3.22. The van der Waals surface area contributed by atoms with Crippen molar-refractivity contribution >= 4 is 21.9 Å². The molecule has 0 aliphatic heterocycles. The van der Waals surface area contributed by atoms with Gasteiger partial charge in [-0.1, -0.05) is 6.07 Å². The maximum absolute atomic E-state index is 10.4. The van der Waals surface area contributed by atoms with E-state index in [9.17, 15) is 4.79 Å². The van der Waals surface area contributed by atoms with Gasteiger partial charge in [0, 0.05) is 13.0 Å². The van der Waals surface area contributed by atoms with Crippen LogP contribution in [0, 0.1) is 0 Å². The summed E-state index contributed by atoms with van der Waals surface area (Å²) in [6.07, 6.45) is 0.889. The fourth-order valence-corrected chi connectivity index (χ4v) is 2.29. The van der Waals surface area contributed by atoms with Crippen LogP contribution in [-0.4, -0.2) is 36.7 Å². The van der Waals surface area contributed by atoms with Crippen molar-refractivity contribution in [2.24, 2.45) is 0 Å². The number of methoxy groups -OCH3 is 1. The van der Waals surface area contributed by atoms with Crippen LogP contribution in [0.3, 0.4) is 0 Å². The normalized spacial score (nSPS) is 10.7. The van der Waals surface area contributed by atoms with Crippen molar-refractivity contribution in [3.05, 3.63) is 28.2 Å². The molecule has 0 saturated heterocycles. The molecule has 1 N–H and O–H groups in total. The van der Waals surface area contributed by atoms with E-state index in [1.54, 1.807) is 7.11 Å². The van der Waals surface area contributed by atoms with E-state index in [2.05, 4.69) is 20.8 Å². The van der Waals surface area contributed by atoms with Gasteiger partial charge in [0.2, 0.25) is 0 Å². The molecule has 100 valence electrons. The molecule has 0 aliphatic carbocycles. The zero-order chi connectivity index (χ0) is 13.5. The van der Waals surface area contributed by atoms with Gasteiger partial charge in [0.1, 0.15) is 5.75 Å². The van der Waals surface area contributed by atoms with E-state index in [4.69, 9.17) is 9.84 Å². The number of halogens is 1. The van der Waals surface area contributed by atoms with E-state index in [1.165, 1.54) is 5.56 Å². The number of carboxylic acids is 1. The van der Waals surface area contributed by atoms with Crippen molar-refractivity contribution in [2.75, 3.05) is 20.7 Å². The Labute approximate surface area is 116 Å². The highest BCUT2D eigenvalue weighted by molar-refractivity contribution is 9.10. The fraction of sp³-hybridized carbons (Fsp3) is 0.462. The molecule has 0 saturated carbocycles. The summed E-state index contributed by atoms with van der Waals surface area (Å²) in [7, 11) is 3.62. The number of carboxylic acid groups (broad SMARTS) is 1. The van der Waals surface area contributed by atoms with Crippen LogP contribution in [0.4, 0.5) is 0 Å². The van der Waals surface area contributed by atoms with Crippen LogP contribution in [-0.2, 0) is 11.3 Å². The Balaban J connectivity index is 2.46. The van der Waals surface area contributed by atoms with Crippen molar-refractivity contribution < 1.29 is 14.6 Å². The average molecular weight is 316 g/mol. The van der Waals surface area contributed by atoms with Crippen LogP contribution in [0.15, 0.2) is 22.7 Å². The van der Waals surface area contributed by atoms with Crippen molar-refractivity contribution in [1.82, 2.24) is 4.90 Å². The maximum Gasteiger partial charge on any atom is 0.303 e. The highest BCUT2D eigenvalue weighted by Gasteiger charge is 2.05. The van der Waals surface area contributed by atoms with Crippen molar-refractivity contribution in [2.45, 2.75) is 19.4 Å². The van der Waals surface area contributed by atoms with Gasteiger partial charge in [-0.15, -0.1) is 0 Å². The van der Waals surface area contributed by atoms with Crippen LogP contribution in [0.1, 0.15) is 18.4 Å². The summed E-state index contributed by atoms with van der Waals surface area (Å²) in [5.41, 5.74) is 1.17. The van der Waals surface area contributed by atoms with Crippen molar-refractivity contribution in [1.29, 1.82) is 0 Å². The van der Waals surface area contributed by atoms with Crippen LogP contribution in [0.25, 0.3) is 0 Å². The second-order valence-corrected chi connectivity index (χ2v) is 5.06. The van der Waals surface area contributed by atoms with Gasteiger partial charge in [-0.05, 0) is 53.6 Å². The Kier molecular flexibility index (Phi) is 6.15. The standard InChI is InChI=1S/C13H18BrNO3/c1-15(7-3-4-13(16)17)9-10-5-6-12(18-2)11(14)8-10/h5-6,8H,3-4,7,9H2,1-2H3,(H,16,17). The van der Waals surface area contributed by atoms with Gasteiger partial charge in [-0.2, -0.15) is 0 Å². The molecule has 1 aromatic carbocycles. The molecule has 0 unspecified atom stereocenters. The molecular formula is C13H18BrNO3. The summed E-state index contributed by atoms with van der Waals surface area (Å²) in [5.74, 6) is 0.0721. The first-order valence-corrected chi connectivity index (χ1v) is 6.55. The molecule has 0 bridgehead atoms. The van der Waals surface area contributed by atoms with E-state index in [0.29, 0.717) is 6.42 Å². The third kappa shape index (κ3) is 5.06. The second-order valence-electron chi connectivity index (χ2n) is 4.20. The summed E-state index contributed by atoms with van der Waals surface area (Å²) in [6, 6.07) is 5.95. The van der Waals surface area contributed by atoms with Gasteiger partial charge < -0.3 is 14.7 Å². The van der Waals surface area contributed by atoms with E-state index < -0.39 is 5.97 Å². The van der Waals surface area contributed by atoms with Crippen molar-refractivity contribution in [3.63, 3.8) is 0 Å². The van der Waals surface area contributed by atoms with Crippen LogP contribution in [0.2, 0.25) is 0 Å². The Morgan fingerprint density at radius 3 is 2.78 bits per heavy atom. The van der Waals surface area contributed by atoms with Crippen molar-refractivity contribution in [3.8, 4) is 5.75 Å². The second kappa shape index (κ2) is 7.38. The predicted molar refractivity (Wildman–Crippen MR) is 73.9 cm³/mol. The van der Waals surface area contributed by atoms with Crippen LogP contribution < -0.4 is 4.74 Å². The lowest BCUT2D eigenvalue weighted by Crippen LogP contribution is -2.19. The smallest absolute Gasteiger partial charge is 0.303 e. The van der Waals surface area contributed by atoms with E-state index in [1.807, 2.05) is 25.2 Å². The molecule has 0 aliphatic rings. The molecule has 1 aromatic rings. The molecule has 0 amide bonds. The van der Waals surface area contributed by atoms with Gasteiger partial charge >= 0.3 is 5.97 Å². The molecule has 0 atom stereocenters. The number of benzene rings is 1. The summed E-state index contributed by atoms with van der Waals surface area (Å²) in [6.45, 7) is 1.57. The minimum absolute atomic E-state index is 0.219. The van der Waals surface area contributed by atoms with Gasteiger partial charge in [0.25, 0.3) is 0 Å². The number of hydrogen-bond acceptors (Lipinski definition) is 3. The number of rotatable bonds is 7. The topological polar surface area (TPSA) is 49.8 Å². The average Bonchev–Trinajstić information content (AvgIpc) is 2.28. The Hall–Kier alpha value is -1.07. The highest BCUT2D eigenvalue weighted by atomic mass is 79.9. The predicted octanol–water partition coefficient (Wildman–Crippen LogP) is 2.75. The zero-order valence-electron chi connectivity index (χ0n) is 10.6. The molecule has 18 heavy (non-hydrogen) atoms. The summed E-state index contributed by atoms with van der Waals surface area (Å²) in [5, 5.41) is 8.57. The lowest BCUT2D eigenvalue weighted by atomic mass is 10.2. The molecule has 4 nitrogen and oxygen atoms in total. The quantitative estimate of drug-likeness (QED) is 0.840. The van der Waals surface area contributed by atoms with E-state index >= 15 is 0 Å². The maximum atomic E-state index is 10.4. The van der Waals surface area contributed by atoms with Gasteiger partial charge in [-0.25, -0.2) is 0 Å². The monoisotopic (exact) mass is 315 g/mol. The molecule has 0 radical (unpaired) electrons. The Morgan fingerprint density at radius 2 is 2.22 bits per heavy atom. The molecule has 0 heterocycles.